The van der Waals surface area contributed by atoms with Gasteiger partial charge in [-0.05, 0) is 36.1 Å². The smallest absolute Gasteiger partial charge is 0.265 e. The number of aromatic nitrogens is 1. The number of H-pyrrole nitrogens is 1. The third-order valence-electron chi connectivity index (χ3n) is 3.25. The van der Waals surface area contributed by atoms with Gasteiger partial charge in [0.2, 0.25) is 0 Å². The highest BCUT2D eigenvalue weighted by atomic mass is 32.1. The van der Waals surface area contributed by atoms with Gasteiger partial charge in [0.05, 0.1) is 10.2 Å². The first-order chi connectivity index (χ1) is 10.5. The minimum absolute atomic E-state index is 0.207. The van der Waals surface area contributed by atoms with Crippen LogP contribution >= 0.6 is 11.3 Å². The minimum Gasteiger partial charge on any atom is -0.505 e. The van der Waals surface area contributed by atoms with Crippen LogP contribution in [0.2, 0.25) is 0 Å². The molecule has 112 valence electrons. The van der Waals surface area contributed by atoms with E-state index in [0.29, 0.717) is 15.8 Å². The lowest BCUT2D eigenvalue weighted by molar-refractivity contribution is 0.102. The molecule has 0 aliphatic carbocycles. The van der Waals surface area contributed by atoms with E-state index in [1.165, 1.54) is 23.5 Å². The fourth-order valence-corrected chi connectivity index (χ4v) is 2.87. The van der Waals surface area contributed by atoms with Gasteiger partial charge < -0.3 is 15.4 Å². The van der Waals surface area contributed by atoms with E-state index in [2.05, 4.69) is 10.3 Å². The monoisotopic (exact) mass is 318 g/mol. The first-order valence-corrected chi connectivity index (χ1v) is 7.25. The van der Waals surface area contributed by atoms with E-state index in [4.69, 9.17) is 0 Å². The summed E-state index contributed by atoms with van der Waals surface area (Å²) in [7, 11) is 0. The highest BCUT2D eigenvalue weighted by Gasteiger charge is 2.20. The van der Waals surface area contributed by atoms with Gasteiger partial charge in [-0.2, -0.15) is 0 Å². The zero-order valence-corrected chi connectivity index (χ0v) is 12.3. The summed E-state index contributed by atoms with van der Waals surface area (Å²) in [4.78, 5) is 26.7. The van der Waals surface area contributed by atoms with Crippen molar-refractivity contribution < 1.29 is 14.3 Å². The topological polar surface area (TPSA) is 82.2 Å². The Bertz CT molecular complexity index is 946. The summed E-state index contributed by atoms with van der Waals surface area (Å²) >= 11 is 1.20. The molecular formula is C15H11FN2O3S. The highest BCUT2D eigenvalue weighted by molar-refractivity contribution is 7.17. The number of aromatic hydroxyl groups is 1. The van der Waals surface area contributed by atoms with Gasteiger partial charge in [0.1, 0.15) is 11.4 Å². The van der Waals surface area contributed by atoms with Crippen molar-refractivity contribution in [1.82, 2.24) is 4.98 Å². The van der Waals surface area contributed by atoms with Gasteiger partial charge in [-0.15, -0.1) is 11.3 Å². The fourth-order valence-electron chi connectivity index (χ4n) is 2.07. The molecule has 0 aliphatic rings. The maximum absolute atomic E-state index is 13.5. The van der Waals surface area contributed by atoms with Crippen molar-refractivity contribution in [2.75, 3.05) is 5.32 Å². The van der Waals surface area contributed by atoms with Crippen LogP contribution in [0.25, 0.3) is 10.2 Å². The zero-order valence-electron chi connectivity index (χ0n) is 11.4. The van der Waals surface area contributed by atoms with Gasteiger partial charge in [0.15, 0.2) is 5.75 Å². The molecule has 0 fully saturated rings. The first kappa shape index (κ1) is 14.3. The molecule has 5 nitrogen and oxygen atoms in total. The van der Waals surface area contributed by atoms with Crippen LogP contribution in [-0.4, -0.2) is 16.0 Å². The second-order valence-corrected chi connectivity index (χ2v) is 5.68. The molecule has 0 bridgehead atoms. The van der Waals surface area contributed by atoms with Gasteiger partial charge >= 0.3 is 0 Å². The average Bonchev–Trinajstić information content (AvgIpc) is 2.91. The van der Waals surface area contributed by atoms with Crippen LogP contribution in [0.15, 0.2) is 34.4 Å². The number of thiophene rings is 1. The van der Waals surface area contributed by atoms with E-state index < -0.39 is 22.8 Å². The van der Waals surface area contributed by atoms with E-state index in [-0.39, 0.29) is 11.4 Å². The molecule has 1 amide bonds. The number of aromatic amines is 1. The van der Waals surface area contributed by atoms with Crippen molar-refractivity contribution in [3.8, 4) is 5.75 Å². The largest absolute Gasteiger partial charge is 0.505 e. The molecule has 3 N–H and O–H groups in total. The van der Waals surface area contributed by atoms with Gasteiger partial charge in [-0.1, -0.05) is 6.07 Å². The summed E-state index contributed by atoms with van der Waals surface area (Å²) in [5.74, 6) is -1.64. The van der Waals surface area contributed by atoms with Gasteiger partial charge in [-0.3, -0.25) is 9.59 Å². The summed E-state index contributed by atoms with van der Waals surface area (Å²) in [6, 6.07) is 5.82. The number of anilines is 1. The summed E-state index contributed by atoms with van der Waals surface area (Å²) in [6.45, 7) is 1.60. The van der Waals surface area contributed by atoms with Crippen molar-refractivity contribution in [3.63, 3.8) is 0 Å². The lowest BCUT2D eigenvalue weighted by Gasteiger charge is -2.07. The SMILES string of the molecule is Cc1ccc(NC(=O)c2c(O)c3sccc3[nH]c2=O)cc1F. The number of carbonyl (C=O) groups is 1. The summed E-state index contributed by atoms with van der Waals surface area (Å²) in [5.41, 5.74) is 0.0201. The third-order valence-corrected chi connectivity index (χ3v) is 4.17. The van der Waals surface area contributed by atoms with Crippen molar-refractivity contribution >= 4 is 33.1 Å². The molecule has 0 saturated carbocycles. The van der Waals surface area contributed by atoms with E-state index in [0.717, 1.165) is 6.07 Å². The number of hydrogen-bond donors (Lipinski definition) is 3. The number of nitrogens with one attached hydrogen (secondary N) is 2. The lowest BCUT2D eigenvalue weighted by Crippen LogP contribution is -2.23. The molecule has 0 spiro atoms. The third kappa shape index (κ3) is 2.35. The fraction of sp³-hybridized carbons (Fsp3) is 0.0667. The number of fused-ring (bicyclic) bond motifs is 1. The molecule has 0 aliphatic heterocycles. The number of aryl methyl sites for hydroxylation is 1. The Balaban J connectivity index is 2.01. The Morgan fingerprint density at radius 1 is 1.36 bits per heavy atom. The van der Waals surface area contributed by atoms with Gasteiger partial charge in [0.25, 0.3) is 11.5 Å². The second-order valence-electron chi connectivity index (χ2n) is 4.76. The van der Waals surface area contributed by atoms with Crippen molar-refractivity contribution in [1.29, 1.82) is 0 Å². The number of halogens is 1. The Morgan fingerprint density at radius 3 is 2.86 bits per heavy atom. The van der Waals surface area contributed by atoms with Gasteiger partial charge in [0, 0.05) is 5.69 Å². The highest BCUT2D eigenvalue weighted by Crippen LogP contribution is 2.29. The number of carbonyl (C=O) groups excluding carboxylic acids is 1. The standard InChI is InChI=1S/C15H11FN2O3S/c1-7-2-3-8(6-9(7)16)17-14(20)11-12(19)13-10(4-5-22-13)18-15(11)21/h2-6H,1H3,(H,17,20)(H2,18,19,21). The quantitative estimate of drug-likeness (QED) is 0.679. The molecule has 1 aromatic carbocycles. The maximum Gasteiger partial charge on any atom is 0.265 e. The molecule has 7 heteroatoms. The molecule has 2 heterocycles. The van der Waals surface area contributed by atoms with Crippen molar-refractivity contribution in [2.45, 2.75) is 6.92 Å². The normalized spacial score (nSPS) is 10.8. The molecule has 3 rings (SSSR count). The first-order valence-electron chi connectivity index (χ1n) is 6.37. The average molecular weight is 318 g/mol. The minimum atomic E-state index is -0.794. The van der Waals surface area contributed by atoms with E-state index in [1.54, 1.807) is 18.4 Å². The summed E-state index contributed by atoms with van der Waals surface area (Å²) in [5, 5.41) is 14.2. The Morgan fingerprint density at radius 2 is 2.14 bits per heavy atom. The van der Waals surface area contributed by atoms with Crippen LogP contribution in [0.1, 0.15) is 15.9 Å². The van der Waals surface area contributed by atoms with Crippen molar-refractivity contribution in [2.24, 2.45) is 0 Å². The number of benzene rings is 1. The van der Waals surface area contributed by atoms with Crippen LogP contribution < -0.4 is 10.9 Å². The van der Waals surface area contributed by atoms with E-state index in [1.807, 2.05) is 0 Å². The van der Waals surface area contributed by atoms with Crippen LogP contribution in [0.5, 0.6) is 5.75 Å². The summed E-state index contributed by atoms with van der Waals surface area (Å²) < 4.78 is 13.9. The van der Waals surface area contributed by atoms with Crippen LogP contribution in [0, 0.1) is 12.7 Å². The van der Waals surface area contributed by atoms with Crippen LogP contribution in [0.4, 0.5) is 10.1 Å². The molecule has 2 aromatic heterocycles. The molecule has 0 radical (unpaired) electrons. The predicted octanol–water partition coefficient (Wildman–Crippen LogP) is 3.00. The number of pyridine rings is 1. The number of amides is 1. The van der Waals surface area contributed by atoms with E-state index >= 15 is 0 Å². The zero-order chi connectivity index (χ0) is 15.9. The second kappa shape index (κ2) is 5.27. The van der Waals surface area contributed by atoms with Crippen LogP contribution in [-0.2, 0) is 0 Å². The van der Waals surface area contributed by atoms with Crippen LogP contribution in [0.3, 0.4) is 0 Å². The van der Waals surface area contributed by atoms with Crippen molar-refractivity contribution in [3.05, 3.63) is 56.9 Å². The Labute approximate surface area is 128 Å². The Kier molecular flexibility index (Phi) is 3.42. The predicted molar refractivity (Wildman–Crippen MR) is 83.2 cm³/mol. The molecule has 22 heavy (non-hydrogen) atoms. The lowest BCUT2D eigenvalue weighted by atomic mass is 10.2. The number of hydrogen-bond acceptors (Lipinski definition) is 4. The maximum atomic E-state index is 13.5. The van der Waals surface area contributed by atoms with Gasteiger partial charge in [-0.25, -0.2) is 4.39 Å². The Hall–Kier alpha value is -2.67. The van der Waals surface area contributed by atoms with E-state index in [9.17, 15) is 19.1 Å². The number of rotatable bonds is 2. The molecule has 0 unspecified atom stereocenters. The molecule has 0 atom stereocenters. The molecule has 0 saturated heterocycles. The molecule has 3 aromatic rings. The molecular weight excluding hydrogens is 307 g/mol. The summed E-state index contributed by atoms with van der Waals surface area (Å²) in [6.07, 6.45) is 0.